The highest BCUT2D eigenvalue weighted by atomic mass is 19.4. The molecule has 8 heteroatoms. The van der Waals surface area contributed by atoms with Crippen LogP contribution in [0.25, 0.3) is 0 Å². The van der Waals surface area contributed by atoms with Gasteiger partial charge in [-0.1, -0.05) is 0 Å². The zero-order chi connectivity index (χ0) is 14.3. The molecule has 2 rings (SSSR count). The van der Waals surface area contributed by atoms with Crippen LogP contribution >= 0.6 is 0 Å². The maximum Gasteiger partial charge on any atom is 0.423 e. The number of rotatable bonds is 2. The zero-order valence-electron chi connectivity index (χ0n) is 9.86. The molecular formula is C11H10F3NO4. The van der Waals surface area contributed by atoms with Crippen molar-refractivity contribution in [1.29, 1.82) is 0 Å². The molecular weight excluding hydrogens is 267 g/mol. The highest BCUT2D eigenvalue weighted by Crippen LogP contribution is 2.40. The van der Waals surface area contributed by atoms with Crippen molar-refractivity contribution >= 4 is 5.69 Å². The minimum atomic E-state index is -4.81. The van der Waals surface area contributed by atoms with Gasteiger partial charge in [0.15, 0.2) is 5.79 Å². The molecule has 0 atom stereocenters. The van der Waals surface area contributed by atoms with Crippen LogP contribution in [0.5, 0.6) is 0 Å². The summed E-state index contributed by atoms with van der Waals surface area (Å²) in [5, 5.41) is 10.6. The number of benzene rings is 1. The minimum absolute atomic E-state index is 0.0999. The van der Waals surface area contributed by atoms with Crippen LogP contribution in [0, 0.1) is 10.1 Å². The third kappa shape index (κ3) is 2.54. The monoisotopic (exact) mass is 277 g/mol. The first-order valence-electron chi connectivity index (χ1n) is 5.38. The Balaban J connectivity index is 2.53. The minimum Gasteiger partial charge on any atom is -0.344 e. The molecule has 0 saturated carbocycles. The lowest BCUT2D eigenvalue weighted by Gasteiger charge is -2.23. The molecule has 19 heavy (non-hydrogen) atoms. The van der Waals surface area contributed by atoms with E-state index in [2.05, 4.69) is 0 Å². The van der Waals surface area contributed by atoms with E-state index in [0.717, 1.165) is 6.07 Å². The fraction of sp³-hybridized carbons (Fsp3) is 0.455. The Hall–Kier alpha value is -1.67. The second kappa shape index (κ2) is 4.46. The van der Waals surface area contributed by atoms with Crippen molar-refractivity contribution in [3.8, 4) is 0 Å². The molecule has 0 aliphatic carbocycles. The number of hydrogen-bond donors (Lipinski definition) is 0. The van der Waals surface area contributed by atoms with Crippen molar-refractivity contribution < 1.29 is 27.6 Å². The Kier molecular flexibility index (Phi) is 3.23. The van der Waals surface area contributed by atoms with E-state index < -0.39 is 28.1 Å². The molecule has 1 aliphatic heterocycles. The molecule has 0 N–H and O–H groups in total. The predicted molar refractivity (Wildman–Crippen MR) is 57.4 cm³/mol. The smallest absolute Gasteiger partial charge is 0.344 e. The Morgan fingerprint density at radius 3 is 2.37 bits per heavy atom. The maximum absolute atomic E-state index is 12.8. The molecule has 5 nitrogen and oxygen atoms in total. The summed E-state index contributed by atoms with van der Waals surface area (Å²) < 4.78 is 48.9. The van der Waals surface area contributed by atoms with Crippen molar-refractivity contribution in [2.75, 3.05) is 13.2 Å². The molecule has 1 fully saturated rings. The Morgan fingerprint density at radius 2 is 1.89 bits per heavy atom. The van der Waals surface area contributed by atoms with Gasteiger partial charge in [-0.05, 0) is 19.1 Å². The summed E-state index contributed by atoms with van der Waals surface area (Å²) >= 11 is 0. The zero-order valence-corrected chi connectivity index (χ0v) is 9.86. The molecule has 0 amide bonds. The average Bonchev–Trinajstić information content (AvgIpc) is 2.75. The third-order valence-corrected chi connectivity index (χ3v) is 2.86. The van der Waals surface area contributed by atoms with E-state index >= 15 is 0 Å². The van der Waals surface area contributed by atoms with E-state index in [1.807, 2.05) is 0 Å². The first-order chi connectivity index (χ1) is 8.74. The van der Waals surface area contributed by atoms with Crippen LogP contribution in [0.3, 0.4) is 0 Å². The van der Waals surface area contributed by atoms with Gasteiger partial charge in [0.05, 0.1) is 18.1 Å². The van der Waals surface area contributed by atoms with Crippen LogP contribution in [-0.4, -0.2) is 18.1 Å². The van der Waals surface area contributed by atoms with E-state index in [1.165, 1.54) is 13.0 Å². The highest BCUT2D eigenvalue weighted by Gasteiger charge is 2.41. The quantitative estimate of drug-likeness (QED) is 0.616. The van der Waals surface area contributed by atoms with Gasteiger partial charge in [0, 0.05) is 11.6 Å². The van der Waals surface area contributed by atoms with Gasteiger partial charge in [-0.25, -0.2) is 0 Å². The standard InChI is InChI=1S/C11H10F3NO4/c1-10(18-4-5-19-10)7-2-3-9(15(16)17)8(6-7)11(12,13)14/h2-3,6H,4-5H2,1H3. The van der Waals surface area contributed by atoms with Crippen LogP contribution in [0.4, 0.5) is 18.9 Å². The third-order valence-electron chi connectivity index (χ3n) is 2.86. The second-order valence-electron chi connectivity index (χ2n) is 4.13. The molecule has 104 valence electrons. The van der Waals surface area contributed by atoms with Gasteiger partial charge in [-0.15, -0.1) is 0 Å². The second-order valence-corrected chi connectivity index (χ2v) is 4.13. The van der Waals surface area contributed by atoms with Crippen LogP contribution < -0.4 is 0 Å². The van der Waals surface area contributed by atoms with Crippen LogP contribution in [0.1, 0.15) is 18.1 Å². The maximum atomic E-state index is 12.8. The topological polar surface area (TPSA) is 61.6 Å². The number of halogens is 3. The number of nitro benzene ring substituents is 1. The van der Waals surface area contributed by atoms with Crippen LogP contribution in [0.2, 0.25) is 0 Å². The number of ether oxygens (including phenoxy) is 2. The van der Waals surface area contributed by atoms with E-state index in [1.54, 1.807) is 0 Å². The molecule has 1 saturated heterocycles. The van der Waals surface area contributed by atoms with Gasteiger partial charge in [0.1, 0.15) is 5.56 Å². The van der Waals surface area contributed by atoms with Gasteiger partial charge in [0.25, 0.3) is 5.69 Å². The lowest BCUT2D eigenvalue weighted by molar-refractivity contribution is -0.388. The van der Waals surface area contributed by atoms with Crippen molar-refractivity contribution in [3.05, 3.63) is 39.4 Å². The van der Waals surface area contributed by atoms with Crippen molar-refractivity contribution in [2.45, 2.75) is 18.9 Å². The van der Waals surface area contributed by atoms with Crippen molar-refractivity contribution in [2.24, 2.45) is 0 Å². The molecule has 0 radical (unpaired) electrons. The SMILES string of the molecule is CC1(c2ccc([N+](=O)[O-])c(C(F)(F)F)c2)OCCO1. The number of hydrogen-bond acceptors (Lipinski definition) is 4. The summed E-state index contributed by atoms with van der Waals surface area (Å²) in [5.74, 6) is -1.30. The van der Waals surface area contributed by atoms with Crippen LogP contribution in [0.15, 0.2) is 18.2 Å². The Morgan fingerprint density at radius 1 is 1.32 bits per heavy atom. The van der Waals surface area contributed by atoms with Crippen molar-refractivity contribution in [3.63, 3.8) is 0 Å². The average molecular weight is 277 g/mol. The lowest BCUT2D eigenvalue weighted by atomic mass is 10.0. The Bertz CT molecular complexity index is 509. The molecule has 0 aromatic heterocycles. The largest absolute Gasteiger partial charge is 0.423 e. The summed E-state index contributed by atoms with van der Waals surface area (Å²) in [6.07, 6.45) is -4.81. The van der Waals surface area contributed by atoms with Gasteiger partial charge in [-0.3, -0.25) is 10.1 Å². The summed E-state index contributed by atoms with van der Waals surface area (Å²) in [6, 6.07) is 2.72. The molecule has 0 bridgehead atoms. The van der Waals surface area contributed by atoms with E-state index in [0.29, 0.717) is 6.07 Å². The fourth-order valence-electron chi connectivity index (χ4n) is 1.89. The van der Waals surface area contributed by atoms with Crippen LogP contribution in [-0.2, 0) is 21.4 Å². The van der Waals surface area contributed by atoms with E-state index in [9.17, 15) is 23.3 Å². The van der Waals surface area contributed by atoms with Gasteiger partial charge < -0.3 is 9.47 Å². The van der Waals surface area contributed by atoms with E-state index in [4.69, 9.17) is 9.47 Å². The Labute approximate surface area is 106 Å². The predicted octanol–water partition coefficient (Wildman–Crippen LogP) is 2.83. The molecule has 0 spiro atoms. The summed E-state index contributed by atoms with van der Waals surface area (Å²) in [6.45, 7) is 1.99. The molecule has 1 aromatic carbocycles. The summed E-state index contributed by atoms with van der Waals surface area (Å²) in [5.41, 5.74) is -2.20. The molecule has 1 aliphatic rings. The first-order valence-corrected chi connectivity index (χ1v) is 5.38. The summed E-state index contributed by atoms with van der Waals surface area (Å²) in [7, 11) is 0. The van der Waals surface area contributed by atoms with Gasteiger partial charge in [-0.2, -0.15) is 13.2 Å². The van der Waals surface area contributed by atoms with Gasteiger partial charge in [0.2, 0.25) is 0 Å². The van der Waals surface area contributed by atoms with Crippen molar-refractivity contribution in [1.82, 2.24) is 0 Å². The highest BCUT2D eigenvalue weighted by molar-refractivity contribution is 5.45. The lowest BCUT2D eigenvalue weighted by Crippen LogP contribution is -2.23. The molecule has 1 heterocycles. The first kappa shape index (κ1) is 13.8. The molecule has 0 unspecified atom stereocenters. The summed E-state index contributed by atoms with van der Waals surface area (Å²) in [4.78, 5) is 9.56. The number of nitro groups is 1. The van der Waals surface area contributed by atoms with E-state index in [-0.39, 0.29) is 18.8 Å². The van der Waals surface area contributed by atoms with Gasteiger partial charge >= 0.3 is 6.18 Å². The fourth-order valence-corrected chi connectivity index (χ4v) is 1.89. The number of alkyl halides is 3. The number of nitrogens with zero attached hydrogens (tertiary/aromatic N) is 1. The normalized spacial score (nSPS) is 18.5. The molecule has 1 aromatic rings.